The van der Waals surface area contributed by atoms with Crippen LogP contribution in [0.25, 0.3) is 0 Å². The Labute approximate surface area is 134 Å². The summed E-state index contributed by atoms with van der Waals surface area (Å²) in [5.41, 5.74) is -0.424. The van der Waals surface area contributed by atoms with Gasteiger partial charge in [-0.05, 0) is 34.7 Å². The molecule has 0 aliphatic carbocycles. The third-order valence-electron chi connectivity index (χ3n) is 4.50. The lowest BCUT2D eigenvalue weighted by Crippen LogP contribution is -2.43. The zero-order chi connectivity index (χ0) is 14.8. The van der Waals surface area contributed by atoms with E-state index in [1.165, 1.54) is 4.90 Å². The number of para-hydroxylation sites is 1. The third kappa shape index (κ3) is 1.58. The van der Waals surface area contributed by atoms with Gasteiger partial charge >= 0.3 is 0 Å². The van der Waals surface area contributed by atoms with E-state index in [0.29, 0.717) is 5.69 Å². The molecule has 0 spiro atoms. The van der Waals surface area contributed by atoms with Crippen molar-refractivity contribution in [1.29, 1.82) is 0 Å². The van der Waals surface area contributed by atoms with Crippen molar-refractivity contribution < 1.29 is 19.4 Å². The molecule has 0 aromatic heterocycles. The molecule has 21 heavy (non-hydrogen) atoms. The van der Waals surface area contributed by atoms with E-state index < -0.39 is 23.5 Å². The number of rotatable bonds is 2. The number of carbonyl (C=O) groups is 2. The highest BCUT2D eigenvalue weighted by Crippen LogP contribution is 2.52. The van der Waals surface area contributed by atoms with Crippen molar-refractivity contribution in [3.63, 3.8) is 0 Å². The Morgan fingerprint density at radius 2 is 2.05 bits per heavy atom. The van der Waals surface area contributed by atoms with E-state index in [2.05, 4.69) is 22.6 Å². The van der Waals surface area contributed by atoms with Crippen molar-refractivity contribution in [2.45, 2.75) is 11.7 Å². The van der Waals surface area contributed by atoms with Crippen LogP contribution in [0.1, 0.15) is 0 Å². The first kappa shape index (κ1) is 13.4. The second kappa shape index (κ2) is 4.37. The number of hydrogen-bond donors (Lipinski definition) is 1. The van der Waals surface area contributed by atoms with Crippen LogP contribution in [-0.4, -0.2) is 35.2 Å². The number of aliphatic hydroxyl groups is 1. The summed E-state index contributed by atoms with van der Waals surface area (Å²) in [6.45, 7) is -0.292. The zero-order valence-corrected chi connectivity index (χ0v) is 13.1. The maximum Gasteiger partial charge on any atom is 0.241 e. The van der Waals surface area contributed by atoms with Crippen molar-refractivity contribution in [3.05, 3.63) is 40.0 Å². The molecule has 3 aliphatic heterocycles. The molecule has 1 aromatic rings. The summed E-state index contributed by atoms with van der Waals surface area (Å²) in [6, 6.07) is 7.29. The van der Waals surface area contributed by atoms with Gasteiger partial charge in [0.15, 0.2) is 0 Å². The average molecular weight is 397 g/mol. The molecule has 2 fully saturated rings. The largest absolute Gasteiger partial charge is 0.393 e. The molecule has 2 saturated heterocycles. The predicted molar refractivity (Wildman–Crippen MR) is 82.5 cm³/mol. The fourth-order valence-corrected chi connectivity index (χ4v) is 4.18. The first-order valence-corrected chi connectivity index (χ1v) is 7.77. The predicted octanol–water partition coefficient (Wildman–Crippen LogP) is 1.10. The summed E-state index contributed by atoms with van der Waals surface area (Å²) in [7, 11) is 0. The highest BCUT2D eigenvalue weighted by molar-refractivity contribution is 14.1. The number of aliphatic hydroxyl groups excluding tert-OH is 1. The minimum Gasteiger partial charge on any atom is -0.393 e. The Kier molecular flexibility index (Phi) is 2.79. The van der Waals surface area contributed by atoms with Crippen LogP contribution in [0.2, 0.25) is 0 Å². The fourth-order valence-electron chi connectivity index (χ4n) is 3.55. The summed E-state index contributed by atoms with van der Waals surface area (Å²) in [4.78, 5) is 26.7. The van der Waals surface area contributed by atoms with Crippen molar-refractivity contribution in [2.24, 2.45) is 11.8 Å². The molecule has 0 radical (unpaired) electrons. The number of nitrogens with zero attached hydrogens (tertiary/aromatic N) is 1. The molecular weight excluding hydrogens is 385 g/mol. The summed E-state index contributed by atoms with van der Waals surface area (Å²) in [6.07, 6.45) is 3.09. The van der Waals surface area contributed by atoms with Gasteiger partial charge in [-0.3, -0.25) is 9.59 Å². The van der Waals surface area contributed by atoms with Crippen molar-refractivity contribution in [3.8, 4) is 0 Å². The van der Waals surface area contributed by atoms with E-state index >= 15 is 0 Å². The molecule has 0 unspecified atom stereocenters. The van der Waals surface area contributed by atoms with Gasteiger partial charge in [0, 0.05) is 3.57 Å². The summed E-state index contributed by atoms with van der Waals surface area (Å²) >= 11 is 2.11. The second-order valence-electron chi connectivity index (χ2n) is 5.52. The maximum absolute atomic E-state index is 12.8. The molecule has 1 N–H and O–H groups in total. The number of carbonyl (C=O) groups excluding carboxylic acids is 2. The first-order valence-electron chi connectivity index (χ1n) is 6.69. The topological polar surface area (TPSA) is 66.8 Å². The SMILES string of the molecule is O=C1[C@H]2[C@@H](C(=O)N1c1ccccc1I)[C@]1(CO)C=C[C@H]2O1. The molecule has 3 heterocycles. The number of amides is 2. The van der Waals surface area contributed by atoms with Gasteiger partial charge in [0.05, 0.1) is 30.2 Å². The quantitative estimate of drug-likeness (QED) is 0.461. The highest BCUT2D eigenvalue weighted by Gasteiger charge is 2.67. The van der Waals surface area contributed by atoms with Crippen LogP contribution in [0, 0.1) is 15.4 Å². The summed E-state index contributed by atoms with van der Waals surface area (Å²) < 4.78 is 6.54. The summed E-state index contributed by atoms with van der Waals surface area (Å²) in [5.74, 6) is -1.67. The van der Waals surface area contributed by atoms with E-state index in [-0.39, 0.29) is 18.4 Å². The maximum atomic E-state index is 12.8. The molecule has 3 aliphatic rings. The van der Waals surface area contributed by atoms with Gasteiger partial charge in [0.1, 0.15) is 5.60 Å². The van der Waals surface area contributed by atoms with Gasteiger partial charge in [-0.2, -0.15) is 0 Å². The van der Waals surface area contributed by atoms with Crippen LogP contribution in [-0.2, 0) is 14.3 Å². The fraction of sp³-hybridized carbons (Fsp3) is 0.333. The number of hydrogen-bond acceptors (Lipinski definition) is 4. The number of halogens is 1. The molecule has 2 bridgehead atoms. The van der Waals surface area contributed by atoms with E-state index in [9.17, 15) is 14.7 Å². The third-order valence-corrected chi connectivity index (χ3v) is 5.41. The minimum absolute atomic E-state index is 0.237. The van der Waals surface area contributed by atoms with Crippen LogP contribution >= 0.6 is 22.6 Å². The van der Waals surface area contributed by atoms with Gasteiger partial charge in [-0.1, -0.05) is 24.3 Å². The van der Waals surface area contributed by atoms with Crippen molar-refractivity contribution in [1.82, 2.24) is 0 Å². The van der Waals surface area contributed by atoms with Crippen LogP contribution in [0.5, 0.6) is 0 Å². The highest BCUT2D eigenvalue weighted by atomic mass is 127. The number of ether oxygens (including phenoxy) is 1. The standard InChI is InChI=1S/C15H12INO4/c16-8-3-1-2-4-9(8)17-13(19)11-10-5-6-15(7-18,21-10)12(11)14(17)20/h1-6,10-12,18H,7H2/t10-,11-,12+,15-/m1/s1. The molecule has 1 aromatic carbocycles. The van der Waals surface area contributed by atoms with Crippen molar-refractivity contribution >= 4 is 40.1 Å². The Bertz CT molecular complexity index is 688. The number of anilines is 1. The molecule has 0 saturated carbocycles. The van der Waals surface area contributed by atoms with E-state index in [0.717, 1.165) is 3.57 Å². The Balaban J connectivity index is 1.81. The van der Waals surface area contributed by atoms with Gasteiger partial charge in [0.2, 0.25) is 11.8 Å². The van der Waals surface area contributed by atoms with Gasteiger partial charge < -0.3 is 9.84 Å². The van der Waals surface area contributed by atoms with Gasteiger partial charge in [0.25, 0.3) is 0 Å². The van der Waals surface area contributed by atoms with Crippen LogP contribution in [0.3, 0.4) is 0 Å². The van der Waals surface area contributed by atoms with E-state index in [4.69, 9.17) is 4.74 Å². The Hall–Kier alpha value is -1.25. The van der Waals surface area contributed by atoms with Crippen LogP contribution in [0.15, 0.2) is 36.4 Å². The monoisotopic (exact) mass is 397 g/mol. The Morgan fingerprint density at radius 1 is 1.29 bits per heavy atom. The zero-order valence-electron chi connectivity index (χ0n) is 10.9. The molecule has 108 valence electrons. The lowest BCUT2D eigenvalue weighted by atomic mass is 9.77. The molecular formula is C15H12INO4. The van der Waals surface area contributed by atoms with Crippen LogP contribution in [0.4, 0.5) is 5.69 Å². The number of fused-ring (bicyclic) bond motifs is 5. The normalized spacial score (nSPS) is 36.7. The van der Waals surface area contributed by atoms with Gasteiger partial charge in [-0.25, -0.2) is 4.90 Å². The van der Waals surface area contributed by atoms with Gasteiger partial charge in [-0.15, -0.1) is 0 Å². The molecule has 6 heteroatoms. The molecule has 4 rings (SSSR count). The van der Waals surface area contributed by atoms with Crippen molar-refractivity contribution in [2.75, 3.05) is 11.5 Å². The van der Waals surface area contributed by atoms with E-state index in [1.54, 1.807) is 24.3 Å². The lowest BCUT2D eigenvalue weighted by molar-refractivity contribution is -0.128. The summed E-state index contributed by atoms with van der Waals surface area (Å²) in [5, 5.41) is 9.65. The second-order valence-corrected chi connectivity index (χ2v) is 6.68. The number of imide groups is 1. The van der Waals surface area contributed by atoms with E-state index in [1.807, 2.05) is 12.1 Å². The first-order chi connectivity index (χ1) is 10.1. The molecule has 2 amide bonds. The molecule has 5 nitrogen and oxygen atoms in total. The lowest BCUT2D eigenvalue weighted by Gasteiger charge is -2.26. The number of benzene rings is 1. The molecule has 4 atom stereocenters. The van der Waals surface area contributed by atoms with Crippen LogP contribution < -0.4 is 4.90 Å². The average Bonchev–Trinajstić information content (AvgIpc) is 3.12. The minimum atomic E-state index is -1.03. The smallest absolute Gasteiger partial charge is 0.241 e. The Morgan fingerprint density at radius 3 is 2.76 bits per heavy atom.